The lowest BCUT2D eigenvalue weighted by Gasteiger charge is -2.27. The minimum Gasteiger partial charge on any atom is -0.449 e. The van der Waals surface area contributed by atoms with E-state index in [0.29, 0.717) is 31.6 Å². The van der Waals surface area contributed by atoms with Crippen LogP contribution in [0.1, 0.15) is 79.1 Å². The molecule has 4 atom stereocenters. The topological polar surface area (TPSA) is 171 Å². The molecule has 52 heavy (non-hydrogen) atoms. The second-order valence-corrected chi connectivity index (χ2v) is 14.0. The molecule has 5 amide bonds. The minimum atomic E-state index is -0.700. The molecule has 0 saturated carbocycles. The summed E-state index contributed by atoms with van der Waals surface area (Å²) < 4.78 is 6.17. The van der Waals surface area contributed by atoms with E-state index in [1.165, 1.54) is 11.0 Å². The Labute approximate surface area is 313 Å². The SMILES string of the molecule is CCNC(=O)[C@@H](NC(=O)[C@H](C)NC[C@H](Cc1ccccn1)NC(=O)c1cc(C(=O)N[C@H](C)c2ccc(Br)cc2)cc(N2CCCOC2=O)c1)C(C)C. The van der Waals surface area contributed by atoms with Crippen LogP contribution >= 0.6 is 15.9 Å². The average Bonchev–Trinajstić information content (AvgIpc) is 3.13. The molecule has 1 aliphatic rings. The summed E-state index contributed by atoms with van der Waals surface area (Å²) in [6.45, 7) is 10.4. The van der Waals surface area contributed by atoms with Crippen LogP contribution in [0.4, 0.5) is 10.5 Å². The van der Waals surface area contributed by atoms with Gasteiger partial charge in [0, 0.05) is 65.3 Å². The van der Waals surface area contributed by atoms with Gasteiger partial charge in [-0.2, -0.15) is 0 Å². The number of pyridine rings is 1. The van der Waals surface area contributed by atoms with Gasteiger partial charge in [0.15, 0.2) is 0 Å². The van der Waals surface area contributed by atoms with Gasteiger partial charge in [-0.15, -0.1) is 0 Å². The van der Waals surface area contributed by atoms with Gasteiger partial charge in [0.25, 0.3) is 11.8 Å². The van der Waals surface area contributed by atoms with Crippen LogP contribution in [0.15, 0.2) is 71.3 Å². The fourth-order valence-electron chi connectivity index (χ4n) is 5.65. The van der Waals surface area contributed by atoms with Gasteiger partial charge in [0.05, 0.1) is 18.7 Å². The highest BCUT2D eigenvalue weighted by Gasteiger charge is 2.28. The van der Waals surface area contributed by atoms with Gasteiger partial charge in [0.2, 0.25) is 11.8 Å². The van der Waals surface area contributed by atoms with Gasteiger partial charge in [-0.05, 0) is 81.1 Å². The smallest absolute Gasteiger partial charge is 0.414 e. The first-order valence-electron chi connectivity index (χ1n) is 17.5. The third-order valence-corrected chi connectivity index (χ3v) is 9.15. The molecule has 2 aromatic carbocycles. The van der Waals surface area contributed by atoms with Crippen molar-refractivity contribution in [2.45, 2.75) is 71.6 Å². The zero-order valence-corrected chi connectivity index (χ0v) is 31.8. The maximum Gasteiger partial charge on any atom is 0.414 e. The van der Waals surface area contributed by atoms with Crippen molar-refractivity contribution in [3.63, 3.8) is 0 Å². The molecule has 1 saturated heterocycles. The van der Waals surface area contributed by atoms with Crippen LogP contribution in [0.3, 0.4) is 0 Å². The Kier molecular flexibility index (Phi) is 14.7. The quantitative estimate of drug-likeness (QED) is 0.144. The second kappa shape index (κ2) is 19.1. The van der Waals surface area contributed by atoms with Gasteiger partial charge >= 0.3 is 6.09 Å². The Bertz CT molecular complexity index is 1710. The van der Waals surface area contributed by atoms with E-state index in [1.54, 1.807) is 31.3 Å². The molecule has 14 heteroatoms. The van der Waals surface area contributed by atoms with Crippen LogP contribution in [0.2, 0.25) is 0 Å². The molecule has 1 aromatic heterocycles. The first-order valence-corrected chi connectivity index (χ1v) is 18.3. The van der Waals surface area contributed by atoms with Gasteiger partial charge in [-0.1, -0.05) is 48.0 Å². The number of carbonyl (C=O) groups excluding carboxylic acids is 5. The Morgan fingerprint density at radius 2 is 1.60 bits per heavy atom. The van der Waals surface area contributed by atoms with E-state index >= 15 is 0 Å². The number of halogens is 1. The van der Waals surface area contributed by atoms with Gasteiger partial charge in [-0.25, -0.2) is 4.79 Å². The predicted molar refractivity (Wildman–Crippen MR) is 202 cm³/mol. The van der Waals surface area contributed by atoms with Crippen LogP contribution < -0.4 is 31.5 Å². The zero-order chi connectivity index (χ0) is 37.8. The molecule has 0 aliphatic carbocycles. The summed E-state index contributed by atoms with van der Waals surface area (Å²) in [5.74, 6) is -1.65. The molecule has 0 radical (unpaired) electrons. The molecule has 0 bridgehead atoms. The summed E-state index contributed by atoms with van der Waals surface area (Å²) in [4.78, 5) is 71.9. The molecule has 0 spiro atoms. The molecule has 5 N–H and O–H groups in total. The number of ether oxygens (including phenoxy) is 1. The highest BCUT2D eigenvalue weighted by atomic mass is 79.9. The number of nitrogens with zero attached hydrogens (tertiary/aromatic N) is 2. The van der Waals surface area contributed by atoms with Crippen LogP contribution in [0.5, 0.6) is 0 Å². The van der Waals surface area contributed by atoms with E-state index in [-0.39, 0.29) is 48.1 Å². The van der Waals surface area contributed by atoms with Crippen LogP contribution in [-0.2, 0) is 20.7 Å². The summed E-state index contributed by atoms with van der Waals surface area (Å²) in [5.41, 5.74) is 2.32. The normalized spacial score (nSPS) is 15.1. The van der Waals surface area contributed by atoms with Crippen molar-refractivity contribution < 1.29 is 28.7 Å². The van der Waals surface area contributed by atoms with Gasteiger partial charge < -0.3 is 31.3 Å². The van der Waals surface area contributed by atoms with E-state index in [4.69, 9.17) is 4.74 Å². The van der Waals surface area contributed by atoms with E-state index in [9.17, 15) is 24.0 Å². The number of cyclic esters (lactones) is 1. The largest absolute Gasteiger partial charge is 0.449 e. The molecule has 13 nitrogen and oxygen atoms in total. The Hall–Kier alpha value is -4.82. The summed E-state index contributed by atoms with van der Waals surface area (Å²) in [5, 5.41) is 14.8. The number of rotatable bonds is 16. The highest BCUT2D eigenvalue weighted by molar-refractivity contribution is 9.10. The number of amides is 5. The average molecular weight is 779 g/mol. The number of likely N-dealkylation sites (N-methyl/N-ethyl adjacent to an activating group) is 1. The molecule has 0 unspecified atom stereocenters. The van der Waals surface area contributed by atoms with Crippen LogP contribution in [-0.4, -0.2) is 79.1 Å². The van der Waals surface area contributed by atoms with Gasteiger partial charge in [-0.3, -0.25) is 29.1 Å². The zero-order valence-electron chi connectivity index (χ0n) is 30.2. The minimum absolute atomic E-state index is 0.127. The molecule has 1 fully saturated rings. The molecule has 2 heterocycles. The molecular weight excluding hydrogens is 730 g/mol. The lowest BCUT2D eigenvalue weighted by molar-refractivity contribution is -0.130. The lowest BCUT2D eigenvalue weighted by atomic mass is 10.0. The highest BCUT2D eigenvalue weighted by Crippen LogP contribution is 2.24. The number of anilines is 1. The fraction of sp³-hybridized carbons (Fsp3) is 0.421. The summed E-state index contributed by atoms with van der Waals surface area (Å²) in [6.07, 6.45) is 2.02. The first-order chi connectivity index (χ1) is 24.9. The molecule has 3 aromatic rings. The standard InChI is InChI=1S/C38H48BrN7O6/c1-6-40-37(50)33(23(2)3)45-34(47)25(5)42-22-31(21-30-10-7-8-15-41-30)44-36(49)28-18-27(19-32(20-28)46-16-9-17-52-38(46)51)35(48)43-24(4)26-11-13-29(39)14-12-26/h7-8,10-15,18-20,23-25,31,33,42H,6,9,16-17,21-22H2,1-5H3,(H,40,50)(H,43,48)(H,44,49)(H,45,47)/t24-,25+,31+,33+/m1/s1. The first kappa shape index (κ1) is 40.0. The maximum absolute atomic E-state index is 14.0. The molecular formula is C38H48BrN7O6. The van der Waals surface area contributed by atoms with E-state index in [2.05, 4.69) is 47.5 Å². The van der Waals surface area contributed by atoms with Crippen molar-refractivity contribution in [1.29, 1.82) is 0 Å². The van der Waals surface area contributed by atoms with Crippen molar-refractivity contribution in [2.24, 2.45) is 5.92 Å². The second-order valence-electron chi connectivity index (χ2n) is 13.1. The third-order valence-electron chi connectivity index (χ3n) is 8.62. The predicted octanol–water partition coefficient (Wildman–Crippen LogP) is 4.28. The number of aromatic nitrogens is 1. The van der Waals surface area contributed by atoms with E-state index in [1.807, 2.05) is 64.1 Å². The summed E-state index contributed by atoms with van der Waals surface area (Å²) in [7, 11) is 0. The summed E-state index contributed by atoms with van der Waals surface area (Å²) in [6, 6.07) is 15.4. The van der Waals surface area contributed by atoms with Crippen molar-refractivity contribution in [2.75, 3.05) is 31.1 Å². The number of carbonyl (C=O) groups is 5. The molecule has 278 valence electrons. The number of hydrogen-bond donors (Lipinski definition) is 5. The van der Waals surface area contributed by atoms with Crippen molar-refractivity contribution >= 4 is 51.3 Å². The Morgan fingerprint density at radius 3 is 2.21 bits per heavy atom. The number of hydrogen-bond acceptors (Lipinski definition) is 8. The lowest BCUT2D eigenvalue weighted by Crippen LogP contribution is -2.55. The fourth-order valence-corrected chi connectivity index (χ4v) is 5.92. The van der Waals surface area contributed by atoms with Crippen molar-refractivity contribution in [3.8, 4) is 0 Å². The van der Waals surface area contributed by atoms with E-state index < -0.39 is 36.0 Å². The van der Waals surface area contributed by atoms with Crippen molar-refractivity contribution in [3.05, 3.63) is 93.7 Å². The van der Waals surface area contributed by atoms with Crippen LogP contribution in [0, 0.1) is 5.92 Å². The monoisotopic (exact) mass is 777 g/mol. The van der Waals surface area contributed by atoms with Crippen LogP contribution in [0.25, 0.3) is 0 Å². The number of benzene rings is 2. The molecule has 4 rings (SSSR count). The maximum atomic E-state index is 14.0. The third kappa shape index (κ3) is 11.3. The van der Waals surface area contributed by atoms with E-state index in [0.717, 1.165) is 15.7 Å². The Morgan fingerprint density at radius 1 is 0.904 bits per heavy atom. The van der Waals surface area contributed by atoms with Crippen molar-refractivity contribution in [1.82, 2.24) is 31.6 Å². The Balaban J connectivity index is 1.56. The number of nitrogens with one attached hydrogen (secondary N) is 5. The van der Waals surface area contributed by atoms with Gasteiger partial charge in [0.1, 0.15) is 6.04 Å². The summed E-state index contributed by atoms with van der Waals surface area (Å²) >= 11 is 3.43. The molecule has 1 aliphatic heterocycles.